The molecule has 2 aliphatic carbocycles. The van der Waals surface area contributed by atoms with E-state index in [-0.39, 0.29) is 0 Å². The lowest BCUT2D eigenvalue weighted by Gasteiger charge is -2.17. The lowest BCUT2D eigenvalue weighted by atomic mass is 9.88. The van der Waals surface area contributed by atoms with Crippen LogP contribution in [0.25, 0.3) is 0 Å². The Morgan fingerprint density at radius 1 is 0.929 bits per heavy atom. The van der Waals surface area contributed by atoms with Crippen molar-refractivity contribution in [3.63, 3.8) is 0 Å². The Hall–Kier alpha value is -0.330. The Labute approximate surface area is 87.3 Å². The SMILES string of the molecule is O=C1CCCCC(CC2CCCC2)C1. The Kier molecular flexibility index (Phi) is 3.61. The number of hydrogen-bond donors (Lipinski definition) is 0. The standard InChI is InChI=1S/C13H22O/c14-13-8-4-3-7-12(10-13)9-11-5-1-2-6-11/h11-12H,1-10H2. The maximum Gasteiger partial charge on any atom is 0.133 e. The minimum absolute atomic E-state index is 0.533. The first kappa shape index (κ1) is 10.2. The zero-order valence-corrected chi connectivity index (χ0v) is 9.13. The molecule has 0 spiro atoms. The van der Waals surface area contributed by atoms with Gasteiger partial charge in [0.25, 0.3) is 0 Å². The summed E-state index contributed by atoms with van der Waals surface area (Å²) in [6.45, 7) is 0. The fourth-order valence-corrected chi connectivity index (χ4v) is 3.20. The van der Waals surface area contributed by atoms with E-state index in [4.69, 9.17) is 0 Å². The van der Waals surface area contributed by atoms with Crippen LogP contribution in [0.15, 0.2) is 0 Å². The van der Waals surface area contributed by atoms with Crippen molar-refractivity contribution in [2.45, 2.75) is 64.2 Å². The first-order valence-corrected chi connectivity index (χ1v) is 6.36. The highest BCUT2D eigenvalue weighted by molar-refractivity contribution is 5.78. The highest BCUT2D eigenvalue weighted by atomic mass is 16.1. The van der Waals surface area contributed by atoms with E-state index >= 15 is 0 Å². The topological polar surface area (TPSA) is 17.1 Å². The first-order chi connectivity index (χ1) is 6.84. The van der Waals surface area contributed by atoms with Crippen LogP contribution in [0, 0.1) is 11.8 Å². The second-order valence-corrected chi connectivity index (χ2v) is 5.24. The second kappa shape index (κ2) is 4.95. The second-order valence-electron chi connectivity index (χ2n) is 5.24. The lowest BCUT2D eigenvalue weighted by Crippen LogP contribution is -2.09. The van der Waals surface area contributed by atoms with E-state index in [0.29, 0.717) is 5.78 Å². The molecule has 2 fully saturated rings. The van der Waals surface area contributed by atoms with Gasteiger partial charge < -0.3 is 0 Å². The number of hydrogen-bond acceptors (Lipinski definition) is 1. The van der Waals surface area contributed by atoms with Crippen LogP contribution in [0.5, 0.6) is 0 Å². The summed E-state index contributed by atoms with van der Waals surface area (Å²) in [6, 6.07) is 0. The molecule has 2 aliphatic rings. The molecule has 2 saturated carbocycles. The Balaban J connectivity index is 1.79. The van der Waals surface area contributed by atoms with E-state index in [9.17, 15) is 4.79 Å². The minimum Gasteiger partial charge on any atom is -0.300 e. The van der Waals surface area contributed by atoms with Crippen LogP contribution in [-0.4, -0.2) is 5.78 Å². The van der Waals surface area contributed by atoms with Crippen molar-refractivity contribution >= 4 is 5.78 Å². The van der Waals surface area contributed by atoms with Crippen molar-refractivity contribution in [3.05, 3.63) is 0 Å². The number of carbonyl (C=O) groups is 1. The Bertz CT molecular complexity index is 191. The molecule has 1 unspecified atom stereocenters. The van der Waals surface area contributed by atoms with E-state index in [1.807, 2.05) is 0 Å². The number of carbonyl (C=O) groups excluding carboxylic acids is 1. The molecule has 0 bridgehead atoms. The summed E-state index contributed by atoms with van der Waals surface area (Å²) in [6.07, 6.45) is 12.6. The third kappa shape index (κ3) is 2.83. The van der Waals surface area contributed by atoms with Crippen LogP contribution >= 0.6 is 0 Å². The Morgan fingerprint density at radius 3 is 2.36 bits per heavy atom. The average molecular weight is 194 g/mol. The molecule has 1 heteroatoms. The molecule has 80 valence electrons. The van der Waals surface area contributed by atoms with Gasteiger partial charge in [-0.1, -0.05) is 38.5 Å². The molecule has 0 radical (unpaired) electrons. The van der Waals surface area contributed by atoms with E-state index in [1.165, 1.54) is 44.9 Å². The van der Waals surface area contributed by atoms with Crippen molar-refractivity contribution in [1.29, 1.82) is 0 Å². The minimum atomic E-state index is 0.533. The zero-order chi connectivity index (χ0) is 9.80. The van der Waals surface area contributed by atoms with Crippen molar-refractivity contribution < 1.29 is 4.79 Å². The van der Waals surface area contributed by atoms with Gasteiger partial charge in [-0.05, 0) is 24.7 Å². The third-order valence-electron chi connectivity index (χ3n) is 3.98. The monoisotopic (exact) mass is 194 g/mol. The molecular weight excluding hydrogens is 172 g/mol. The van der Waals surface area contributed by atoms with Gasteiger partial charge in [0.2, 0.25) is 0 Å². The normalized spacial score (nSPS) is 30.6. The summed E-state index contributed by atoms with van der Waals surface area (Å²) in [4.78, 5) is 11.5. The van der Waals surface area contributed by atoms with Gasteiger partial charge in [-0.3, -0.25) is 4.79 Å². The van der Waals surface area contributed by atoms with Gasteiger partial charge in [0.15, 0.2) is 0 Å². The highest BCUT2D eigenvalue weighted by Crippen LogP contribution is 2.34. The third-order valence-corrected chi connectivity index (χ3v) is 3.98. The predicted octanol–water partition coefficient (Wildman–Crippen LogP) is 3.72. The summed E-state index contributed by atoms with van der Waals surface area (Å²) in [5, 5.41) is 0. The van der Waals surface area contributed by atoms with Gasteiger partial charge in [0.05, 0.1) is 0 Å². The molecule has 0 heterocycles. The fraction of sp³-hybridized carbons (Fsp3) is 0.923. The number of Topliss-reactive ketones (excluding diaryl/α,β-unsaturated/α-hetero) is 1. The molecule has 0 saturated heterocycles. The van der Waals surface area contributed by atoms with Crippen molar-refractivity contribution in [2.75, 3.05) is 0 Å². The number of rotatable bonds is 2. The maximum absolute atomic E-state index is 11.5. The molecule has 0 aromatic carbocycles. The quantitative estimate of drug-likeness (QED) is 0.612. The van der Waals surface area contributed by atoms with Crippen LogP contribution in [0.4, 0.5) is 0 Å². The predicted molar refractivity (Wildman–Crippen MR) is 58.2 cm³/mol. The van der Waals surface area contributed by atoms with Gasteiger partial charge >= 0.3 is 0 Å². The van der Waals surface area contributed by atoms with Gasteiger partial charge in [-0.25, -0.2) is 0 Å². The molecule has 0 aliphatic heterocycles. The first-order valence-electron chi connectivity index (χ1n) is 6.36. The number of ketones is 1. The van der Waals surface area contributed by atoms with Crippen LogP contribution in [0.3, 0.4) is 0 Å². The van der Waals surface area contributed by atoms with Crippen molar-refractivity contribution in [1.82, 2.24) is 0 Å². The zero-order valence-electron chi connectivity index (χ0n) is 9.13. The van der Waals surface area contributed by atoms with E-state index in [1.54, 1.807) is 0 Å². The van der Waals surface area contributed by atoms with Gasteiger partial charge in [-0.15, -0.1) is 0 Å². The van der Waals surface area contributed by atoms with Crippen LogP contribution in [0.1, 0.15) is 64.2 Å². The van der Waals surface area contributed by atoms with E-state index in [2.05, 4.69) is 0 Å². The summed E-state index contributed by atoms with van der Waals surface area (Å²) in [5.41, 5.74) is 0. The molecule has 0 amide bonds. The molecule has 1 nitrogen and oxygen atoms in total. The summed E-state index contributed by atoms with van der Waals surface area (Å²) in [5.74, 6) is 2.24. The molecule has 0 N–H and O–H groups in total. The smallest absolute Gasteiger partial charge is 0.133 e. The van der Waals surface area contributed by atoms with Crippen LogP contribution < -0.4 is 0 Å². The molecule has 0 aromatic rings. The van der Waals surface area contributed by atoms with Gasteiger partial charge in [-0.2, -0.15) is 0 Å². The van der Waals surface area contributed by atoms with Gasteiger partial charge in [0.1, 0.15) is 5.78 Å². The van der Waals surface area contributed by atoms with E-state index in [0.717, 1.165) is 31.1 Å². The van der Waals surface area contributed by atoms with Crippen LogP contribution in [0.2, 0.25) is 0 Å². The summed E-state index contributed by atoms with van der Waals surface area (Å²) < 4.78 is 0. The largest absolute Gasteiger partial charge is 0.300 e. The van der Waals surface area contributed by atoms with Crippen molar-refractivity contribution in [2.24, 2.45) is 11.8 Å². The Morgan fingerprint density at radius 2 is 1.57 bits per heavy atom. The molecule has 0 aromatic heterocycles. The maximum atomic E-state index is 11.5. The lowest BCUT2D eigenvalue weighted by molar-refractivity contribution is -0.119. The highest BCUT2D eigenvalue weighted by Gasteiger charge is 2.23. The average Bonchev–Trinajstić information content (AvgIpc) is 2.56. The molecule has 14 heavy (non-hydrogen) atoms. The molecular formula is C13H22O. The summed E-state index contributed by atoms with van der Waals surface area (Å²) in [7, 11) is 0. The van der Waals surface area contributed by atoms with Crippen molar-refractivity contribution in [3.8, 4) is 0 Å². The van der Waals surface area contributed by atoms with E-state index < -0.39 is 0 Å². The fourth-order valence-electron chi connectivity index (χ4n) is 3.20. The molecule has 1 atom stereocenters. The van der Waals surface area contributed by atoms with Crippen LogP contribution in [-0.2, 0) is 4.79 Å². The van der Waals surface area contributed by atoms with Gasteiger partial charge in [0, 0.05) is 12.8 Å². The summed E-state index contributed by atoms with van der Waals surface area (Å²) >= 11 is 0. The molecule has 2 rings (SSSR count).